The molecule has 6 heteroatoms. The smallest absolute Gasteiger partial charge is 0.249 e. The van der Waals surface area contributed by atoms with E-state index in [2.05, 4.69) is 10.6 Å². The highest BCUT2D eigenvalue weighted by Crippen LogP contribution is 2.12. The summed E-state index contributed by atoms with van der Waals surface area (Å²) in [5.41, 5.74) is -0.802. The van der Waals surface area contributed by atoms with E-state index in [0.29, 0.717) is 0 Å². The van der Waals surface area contributed by atoms with Crippen molar-refractivity contribution < 1.29 is 14.4 Å². The van der Waals surface area contributed by atoms with Crippen LogP contribution < -0.4 is 10.6 Å². The normalized spacial score (nSPS) is 20.3. The van der Waals surface area contributed by atoms with Crippen LogP contribution in [-0.4, -0.2) is 47.3 Å². The van der Waals surface area contributed by atoms with Crippen molar-refractivity contribution in [1.82, 2.24) is 15.5 Å². The number of carbonyl (C=O) groups is 3. The van der Waals surface area contributed by atoms with Gasteiger partial charge in [0.2, 0.25) is 17.7 Å². The standard InChI is InChI=1S/C13H23N3O3/c1-5-6-9(2)15-10(17)8-16-11(18)7-14-13(3,4)12(16)19/h9,14H,5-8H2,1-4H3,(H,15,17). The van der Waals surface area contributed by atoms with Gasteiger partial charge in [0.15, 0.2) is 0 Å². The zero-order valence-corrected chi connectivity index (χ0v) is 12.1. The highest BCUT2D eigenvalue weighted by molar-refractivity contribution is 6.05. The van der Waals surface area contributed by atoms with E-state index in [1.54, 1.807) is 13.8 Å². The van der Waals surface area contributed by atoms with Crippen LogP contribution in [0.4, 0.5) is 0 Å². The van der Waals surface area contributed by atoms with E-state index in [0.717, 1.165) is 17.7 Å². The molecular formula is C13H23N3O3. The van der Waals surface area contributed by atoms with Gasteiger partial charge in [0, 0.05) is 6.04 Å². The largest absolute Gasteiger partial charge is 0.352 e. The molecule has 0 aromatic rings. The van der Waals surface area contributed by atoms with Crippen LogP contribution in [0.1, 0.15) is 40.5 Å². The fraction of sp³-hybridized carbons (Fsp3) is 0.769. The monoisotopic (exact) mass is 269 g/mol. The fourth-order valence-corrected chi connectivity index (χ4v) is 2.05. The molecule has 1 saturated heterocycles. The third-order valence-corrected chi connectivity index (χ3v) is 3.19. The van der Waals surface area contributed by atoms with Gasteiger partial charge in [-0.25, -0.2) is 0 Å². The third kappa shape index (κ3) is 4.02. The number of hydrogen-bond donors (Lipinski definition) is 2. The summed E-state index contributed by atoms with van der Waals surface area (Å²) in [6.45, 7) is 7.23. The minimum Gasteiger partial charge on any atom is -0.352 e. The van der Waals surface area contributed by atoms with Crippen LogP contribution in [0.2, 0.25) is 0 Å². The summed E-state index contributed by atoms with van der Waals surface area (Å²) < 4.78 is 0. The van der Waals surface area contributed by atoms with Crippen molar-refractivity contribution in [3.63, 3.8) is 0 Å². The summed E-state index contributed by atoms with van der Waals surface area (Å²) in [5, 5.41) is 5.64. The van der Waals surface area contributed by atoms with Crippen molar-refractivity contribution >= 4 is 17.7 Å². The lowest BCUT2D eigenvalue weighted by Gasteiger charge is -2.36. The van der Waals surface area contributed by atoms with E-state index >= 15 is 0 Å². The van der Waals surface area contributed by atoms with Gasteiger partial charge in [-0.2, -0.15) is 0 Å². The Hall–Kier alpha value is -1.43. The number of imide groups is 1. The molecule has 2 N–H and O–H groups in total. The van der Waals surface area contributed by atoms with Gasteiger partial charge in [-0.15, -0.1) is 0 Å². The summed E-state index contributed by atoms with van der Waals surface area (Å²) in [6, 6.07) is 0.0543. The van der Waals surface area contributed by atoms with E-state index < -0.39 is 5.54 Å². The van der Waals surface area contributed by atoms with Gasteiger partial charge in [-0.1, -0.05) is 13.3 Å². The van der Waals surface area contributed by atoms with Crippen LogP contribution in [0.15, 0.2) is 0 Å². The predicted molar refractivity (Wildman–Crippen MR) is 71.3 cm³/mol. The van der Waals surface area contributed by atoms with Crippen LogP contribution in [0, 0.1) is 0 Å². The van der Waals surface area contributed by atoms with Crippen molar-refractivity contribution in [3.8, 4) is 0 Å². The number of nitrogens with zero attached hydrogens (tertiary/aromatic N) is 1. The Morgan fingerprint density at radius 2 is 2.11 bits per heavy atom. The third-order valence-electron chi connectivity index (χ3n) is 3.19. The lowest BCUT2D eigenvalue weighted by molar-refractivity contribution is -0.154. The van der Waals surface area contributed by atoms with Crippen molar-refractivity contribution in [2.45, 2.75) is 52.1 Å². The van der Waals surface area contributed by atoms with E-state index in [1.165, 1.54) is 0 Å². The van der Waals surface area contributed by atoms with Gasteiger partial charge >= 0.3 is 0 Å². The van der Waals surface area contributed by atoms with Crippen LogP contribution in [-0.2, 0) is 14.4 Å². The van der Waals surface area contributed by atoms with Crippen LogP contribution in [0.5, 0.6) is 0 Å². The maximum atomic E-state index is 12.1. The molecule has 1 aliphatic heterocycles. The lowest BCUT2D eigenvalue weighted by atomic mass is 10.0. The number of piperazine rings is 1. The Morgan fingerprint density at radius 1 is 1.47 bits per heavy atom. The molecular weight excluding hydrogens is 246 g/mol. The van der Waals surface area contributed by atoms with E-state index in [-0.39, 0.29) is 36.9 Å². The minimum atomic E-state index is -0.802. The molecule has 19 heavy (non-hydrogen) atoms. The van der Waals surface area contributed by atoms with Gasteiger partial charge in [0.05, 0.1) is 12.1 Å². The van der Waals surface area contributed by atoms with E-state index in [4.69, 9.17) is 0 Å². The van der Waals surface area contributed by atoms with Gasteiger partial charge in [-0.05, 0) is 27.2 Å². The Kier molecular flexibility index (Phi) is 5.05. The molecule has 1 atom stereocenters. The zero-order chi connectivity index (χ0) is 14.6. The first kappa shape index (κ1) is 15.6. The van der Waals surface area contributed by atoms with Gasteiger partial charge in [0.1, 0.15) is 6.54 Å². The summed E-state index contributed by atoms with van der Waals surface area (Å²) >= 11 is 0. The number of amides is 3. The molecule has 0 aliphatic carbocycles. The Balaban J connectivity index is 2.61. The number of nitrogens with one attached hydrogen (secondary N) is 2. The zero-order valence-electron chi connectivity index (χ0n) is 12.1. The first-order chi connectivity index (χ1) is 8.77. The molecule has 0 aromatic carbocycles. The molecule has 1 heterocycles. The topological polar surface area (TPSA) is 78.5 Å². The van der Waals surface area contributed by atoms with E-state index in [1.807, 2.05) is 13.8 Å². The molecule has 1 rings (SSSR count). The lowest BCUT2D eigenvalue weighted by Crippen LogP contribution is -2.65. The summed E-state index contributed by atoms with van der Waals surface area (Å²) in [6.07, 6.45) is 1.85. The molecule has 0 spiro atoms. The summed E-state index contributed by atoms with van der Waals surface area (Å²) in [4.78, 5) is 36.6. The minimum absolute atomic E-state index is 0.0543. The molecule has 1 aliphatic rings. The molecule has 0 aromatic heterocycles. The Morgan fingerprint density at radius 3 is 2.68 bits per heavy atom. The second kappa shape index (κ2) is 6.14. The van der Waals surface area contributed by atoms with Crippen LogP contribution >= 0.6 is 0 Å². The number of rotatable bonds is 5. The van der Waals surface area contributed by atoms with Crippen molar-refractivity contribution in [2.75, 3.05) is 13.1 Å². The maximum absolute atomic E-state index is 12.1. The molecule has 1 unspecified atom stereocenters. The Labute approximate surface area is 113 Å². The van der Waals surface area contributed by atoms with Gasteiger partial charge in [-0.3, -0.25) is 24.6 Å². The summed E-state index contributed by atoms with van der Waals surface area (Å²) in [5.74, 6) is -1.01. The number of hydrogen-bond acceptors (Lipinski definition) is 4. The average molecular weight is 269 g/mol. The molecule has 0 bridgehead atoms. The molecule has 6 nitrogen and oxygen atoms in total. The average Bonchev–Trinajstić information content (AvgIpc) is 2.30. The fourth-order valence-electron chi connectivity index (χ4n) is 2.05. The highest BCUT2D eigenvalue weighted by Gasteiger charge is 2.40. The van der Waals surface area contributed by atoms with Crippen LogP contribution in [0.25, 0.3) is 0 Å². The second-order valence-corrected chi connectivity index (χ2v) is 5.52. The first-order valence-electron chi connectivity index (χ1n) is 6.67. The van der Waals surface area contributed by atoms with Gasteiger partial charge < -0.3 is 5.32 Å². The highest BCUT2D eigenvalue weighted by atomic mass is 16.2. The molecule has 0 saturated carbocycles. The molecule has 3 amide bonds. The first-order valence-corrected chi connectivity index (χ1v) is 6.67. The van der Waals surface area contributed by atoms with Crippen LogP contribution in [0.3, 0.4) is 0 Å². The Bertz CT molecular complexity index is 379. The van der Waals surface area contributed by atoms with Crippen molar-refractivity contribution in [3.05, 3.63) is 0 Å². The SMILES string of the molecule is CCCC(C)NC(=O)CN1C(=O)CNC(C)(C)C1=O. The summed E-state index contributed by atoms with van der Waals surface area (Å²) in [7, 11) is 0. The van der Waals surface area contributed by atoms with Gasteiger partial charge in [0.25, 0.3) is 0 Å². The maximum Gasteiger partial charge on any atom is 0.249 e. The van der Waals surface area contributed by atoms with E-state index in [9.17, 15) is 14.4 Å². The molecule has 1 fully saturated rings. The molecule has 108 valence electrons. The number of carbonyl (C=O) groups excluding carboxylic acids is 3. The second-order valence-electron chi connectivity index (χ2n) is 5.52. The predicted octanol–water partition coefficient (Wildman–Crippen LogP) is 0.0282. The molecule has 0 radical (unpaired) electrons. The van der Waals surface area contributed by atoms with Crippen molar-refractivity contribution in [1.29, 1.82) is 0 Å². The van der Waals surface area contributed by atoms with Crippen molar-refractivity contribution in [2.24, 2.45) is 0 Å². The quantitative estimate of drug-likeness (QED) is 0.690.